The molecule has 5 heteroatoms. The third kappa shape index (κ3) is 3.59. The van der Waals surface area contributed by atoms with Crippen molar-refractivity contribution in [1.29, 1.82) is 0 Å². The number of rotatable bonds is 4. The molecular weight excluding hydrogens is 272 g/mol. The van der Waals surface area contributed by atoms with Crippen molar-refractivity contribution in [3.63, 3.8) is 0 Å². The van der Waals surface area contributed by atoms with Gasteiger partial charge in [0.2, 0.25) is 0 Å². The first-order chi connectivity index (χ1) is 9.41. The van der Waals surface area contributed by atoms with Gasteiger partial charge in [-0.15, -0.1) is 0 Å². The Bertz CT molecular complexity index is 539. The summed E-state index contributed by atoms with van der Waals surface area (Å²) in [6, 6.07) is 7.19. The van der Waals surface area contributed by atoms with E-state index in [9.17, 15) is 8.42 Å². The fourth-order valence-electron chi connectivity index (χ4n) is 3.21. The van der Waals surface area contributed by atoms with Crippen LogP contribution in [-0.4, -0.2) is 14.7 Å². The lowest BCUT2D eigenvalue weighted by Crippen LogP contribution is -2.35. The molecule has 2 rings (SSSR count). The van der Waals surface area contributed by atoms with E-state index in [4.69, 9.17) is 5.84 Å². The van der Waals surface area contributed by atoms with Gasteiger partial charge in [-0.05, 0) is 42.4 Å². The summed E-state index contributed by atoms with van der Waals surface area (Å²) in [5.41, 5.74) is 3.99. The van der Waals surface area contributed by atoms with E-state index in [1.807, 2.05) is 12.1 Å². The van der Waals surface area contributed by atoms with Gasteiger partial charge in [-0.25, -0.2) is 8.42 Å². The van der Waals surface area contributed by atoms with E-state index >= 15 is 0 Å². The molecule has 1 aromatic rings. The molecule has 0 aliphatic heterocycles. The van der Waals surface area contributed by atoms with Crippen molar-refractivity contribution < 1.29 is 8.42 Å². The molecule has 3 unspecified atom stereocenters. The largest absolute Gasteiger partial charge is 0.271 e. The topological polar surface area (TPSA) is 72.2 Å². The Labute approximate surface area is 121 Å². The first-order valence-corrected chi connectivity index (χ1v) is 9.07. The zero-order valence-corrected chi connectivity index (χ0v) is 13.0. The van der Waals surface area contributed by atoms with E-state index < -0.39 is 9.84 Å². The normalized spacial score (nSPS) is 25.4. The summed E-state index contributed by atoms with van der Waals surface area (Å²) >= 11 is 0. The summed E-state index contributed by atoms with van der Waals surface area (Å²) in [5.74, 6) is 6.99. The molecule has 0 saturated heterocycles. The predicted octanol–water partition coefficient (Wildman–Crippen LogP) is 2.42. The summed E-state index contributed by atoms with van der Waals surface area (Å²) < 4.78 is 23.0. The highest BCUT2D eigenvalue weighted by Gasteiger charge is 2.27. The van der Waals surface area contributed by atoms with Crippen LogP contribution < -0.4 is 11.3 Å². The van der Waals surface area contributed by atoms with Crippen LogP contribution in [0.4, 0.5) is 0 Å². The molecule has 112 valence electrons. The van der Waals surface area contributed by atoms with E-state index in [0.717, 1.165) is 11.5 Å². The van der Waals surface area contributed by atoms with E-state index in [2.05, 4.69) is 12.3 Å². The van der Waals surface area contributed by atoms with Crippen molar-refractivity contribution in [2.75, 3.05) is 6.26 Å². The lowest BCUT2D eigenvalue weighted by Gasteiger charge is -2.33. The molecule has 0 aromatic heterocycles. The second-order valence-electron chi connectivity index (χ2n) is 6.02. The minimum atomic E-state index is -3.14. The average Bonchev–Trinajstić information content (AvgIpc) is 2.39. The predicted molar refractivity (Wildman–Crippen MR) is 80.7 cm³/mol. The Morgan fingerprint density at radius 3 is 2.40 bits per heavy atom. The average molecular weight is 296 g/mol. The Balaban J connectivity index is 2.19. The first kappa shape index (κ1) is 15.5. The highest BCUT2D eigenvalue weighted by atomic mass is 32.2. The number of sulfone groups is 1. The van der Waals surface area contributed by atoms with Crippen LogP contribution in [0.2, 0.25) is 0 Å². The zero-order valence-electron chi connectivity index (χ0n) is 12.2. The molecule has 1 fully saturated rings. The molecule has 4 nitrogen and oxygen atoms in total. The summed E-state index contributed by atoms with van der Waals surface area (Å²) in [7, 11) is -3.14. The molecule has 0 amide bonds. The van der Waals surface area contributed by atoms with Gasteiger partial charge in [-0.3, -0.25) is 11.3 Å². The SMILES string of the molecule is CC1CCCC(C(NN)c2ccc(S(C)(=O)=O)cc2)C1. The van der Waals surface area contributed by atoms with Gasteiger partial charge in [-0.1, -0.05) is 31.9 Å². The van der Waals surface area contributed by atoms with Crippen molar-refractivity contribution in [3.05, 3.63) is 29.8 Å². The Kier molecular flexibility index (Phi) is 4.83. The molecule has 0 heterocycles. The molecule has 20 heavy (non-hydrogen) atoms. The van der Waals surface area contributed by atoms with Crippen molar-refractivity contribution >= 4 is 9.84 Å². The van der Waals surface area contributed by atoms with Crippen LogP contribution in [0.5, 0.6) is 0 Å². The molecule has 3 N–H and O–H groups in total. The quantitative estimate of drug-likeness (QED) is 0.661. The maximum Gasteiger partial charge on any atom is 0.175 e. The summed E-state index contributed by atoms with van der Waals surface area (Å²) in [4.78, 5) is 0.356. The number of hydrazine groups is 1. The van der Waals surface area contributed by atoms with Gasteiger partial charge >= 0.3 is 0 Å². The third-order valence-corrected chi connectivity index (χ3v) is 5.42. The number of nitrogens with one attached hydrogen (secondary N) is 1. The lowest BCUT2D eigenvalue weighted by molar-refractivity contribution is 0.224. The molecule has 3 atom stereocenters. The molecule has 0 spiro atoms. The molecular formula is C15H24N2O2S. The van der Waals surface area contributed by atoms with Crippen LogP contribution in [0.1, 0.15) is 44.2 Å². The first-order valence-electron chi connectivity index (χ1n) is 7.18. The molecule has 0 bridgehead atoms. The molecule has 1 aromatic carbocycles. The van der Waals surface area contributed by atoms with E-state index in [0.29, 0.717) is 10.8 Å². The van der Waals surface area contributed by atoms with Gasteiger partial charge < -0.3 is 0 Å². The van der Waals surface area contributed by atoms with E-state index in [1.165, 1.54) is 31.9 Å². The van der Waals surface area contributed by atoms with Crippen molar-refractivity contribution in [2.45, 2.75) is 43.5 Å². The van der Waals surface area contributed by atoms with Gasteiger partial charge in [-0.2, -0.15) is 0 Å². The summed E-state index contributed by atoms with van der Waals surface area (Å²) in [6.07, 6.45) is 6.10. The second kappa shape index (κ2) is 6.24. The monoisotopic (exact) mass is 296 g/mol. The van der Waals surface area contributed by atoms with Crippen molar-refractivity contribution in [1.82, 2.24) is 5.43 Å². The third-order valence-electron chi connectivity index (χ3n) is 4.30. The van der Waals surface area contributed by atoms with Crippen molar-refractivity contribution in [2.24, 2.45) is 17.7 Å². The summed E-state index contributed by atoms with van der Waals surface area (Å²) in [5, 5.41) is 0. The fourth-order valence-corrected chi connectivity index (χ4v) is 3.84. The molecule has 1 saturated carbocycles. The zero-order chi connectivity index (χ0) is 14.8. The number of hydrogen-bond donors (Lipinski definition) is 2. The highest BCUT2D eigenvalue weighted by Crippen LogP contribution is 2.36. The van der Waals surface area contributed by atoms with Gasteiger partial charge in [0.1, 0.15) is 0 Å². The Morgan fingerprint density at radius 1 is 1.25 bits per heavy atom. The maximum atomic E-state index is 11.5. The minimum absolute atomic E-state index is 0.103. The van der Waals surface area contributed by atoms with E-state index in [1.54, 1.807) is 12.1 Å². The van der Waals surface area contributed by atoms with Gasteiger partial charge in [0.05, 0.1) is 4.90 Å². The molecule has 1 aliphatic carbocycles. The minimum Gasteiger partial charge on any atom is -0.271 e. The van der Waals surface area contributed by atoms with Crippen LogP contribution in [-0.2, 0) is 9.84 Å². The Hall–Kier alpha value is -0.910. The maximum absolute atomic E-state index is 11.5. The standard InChI is InChI=1S/C15H24N2O2S/c1-11-4-3-5-13(10-11)15(17-16)12-6-8-14(9-7-12)20(2,18)19/h6-9,11,13,15,17H,3-5,10,16H2,1-2H3. The highest BCUT2D eigenvalue weighted by molar-refractivity contribution is 7.90. The van der Waals surface area contributed by atoms with Crippen LogP contribution in [0.15, 0.2) is 29.2 Å². The molecule has 0 radical (unpaired) electrons. The number of nitrogens with two attached hydrogens (primary N) is 1. The smallest absolute Gasteiger partial charge is 0.175 e. The van der Waals surface area contributed by atoms with Crippen LogP contribution >= 0.6 is 0 Å². The van der Waals surface area contributed by atoms with Gasteiger partial charge in [0, 0.05) is 12.3 Å². The summed E-state index contributed by atoms with van der Waals surface area (Å²) in [6.45, 7) is 2.28. The number of hydrogen-bond acceptors (Lipinski definition) is 4. The van der Waals surface area contributed by atoms with Crippen LogP contribution in [0.25, 0.3) is 0 Å². The van der Waals surface area contributed by atoms with Gasteiger partial charge in [0.25, 0.3) is 0 Å². The van der Waals surface area contributed by atoms with Gasteiger partial charge in [0.15, 0.2) is 9.84 Å². The van der Waals surface area contributed by atoms with Crippen LogP contribution in [0, 0.1) is 11.8 Å². The number of benzene rings is 1. The molecule has 1 aliphatic rings. The van der Waals surface area contributed by atoms with E-state index in [-0.39, 0.29) is 6.04 Å². The lowest BCUT2D eigenvalue weighted by atomic mass is 9.77. The van der Waals surface area contributed by atoms with Crippen molar-refractivity contribution in [3.8, 4) is 0 Å². The van der Waals surface area contributed by atoms with Crippen LogP contribution in [0.3, 0.4) is 0 Å². The fraction of sp³-hybridized carbons (Fsp3) is 0.600. The Morgan fingerprint density at radius 2 is 1.90 bits per heavy atom. The second-order valence-corrected chi connectivity index (χ2v) is 8.03.